The minimum Gasteiger partial charge on any atom is -0.350 e. The summed E-state index contributed by atoms with van der Waals surface area (Å²) >= 11 is 0. The van der Waals surface area contributed by atoms with Gasteiger partial charge in [-0.3, -0.25) is 4.79 Å². The molecule has 1 amide bonds. The number of aromatic amines is 1. The summed E-state index contributed by atoms with van der Waals surface area (Å²) in [5.41, 5.74) is 4.23. The normalized spacial score (nSPS) is 11.2. The molecule has 1 N–H and O–H groups in total. The average Bonchev–Trinajstić information content (AvgIpc) is 3.35. The zero-order chi connectivity index (χ0) is 21.3. The van der Waals surface area contributed by atoms with Crippen LogP contribution in [-0.2, 0) is 12.8 Å². The molecule has 0 saturated heterocycles. The zero-order valence-electron chi connectivity index (χ0n) is 17.2. The number of rotatable bonds is 6. The monoisotopic (exact) mass is 406 g/mol. The summed E-state index contributed by atoms with van der Waals surface area (Å²) in [4.78, 5) is 21.8. The van der Waals surface area contributed by atoms with Gasteiger partial charge in [0.05, 0.1) is 5.56 Å². The number of hydrogen-bond donors (Lipinski definition) is 1. The first-order valence-electron chi connectivity index (χ1n) is 9.92. The third-order valence-electron chi connectivity index (χ3n) is 5.22. The van der Waals surface area contributed by atoms with E-state index in [4.69, 9.17) is 4.52 Å². The number of hydrogen-bond acceptors (Lipinski definition) is 4. The molecule has 7 heteroatoms. The number of amides is 1. The van der Waals surface area contributed by atoms with Crippen LogP contribution >= 0.6 is 0 Å². The Morgan fingerprint density at radius 1 is 1.23 bits per heavy atom. The molecule has 2 aromatic carbocycles. The van der Waals surface area contributed by atoms with Crippen molar-refractivity contribution in [1.29, 1.82) is 0 Å². The van der Waals surface area contributed by atoms with Crippen LogP contribution < -0.4 is 0 Å². The summed E-state index contributed by atoms with van der Waals surface area (Å²) < 4.78 is 19.3. The Hall–Kier alpha value is -3.48. The van der Waals surface area contributed by atoms with Crippen LogP contribution in [0.15, 0.2) is 47.0 Å². The lowest BCUT2D eigenvalue weighted by Gasteiger charge is -2.16. The first-order chi connectivity index (χ1) is 14.5. The van der Waals surface area contributed by atoms with Crippen molar-refractivity contribution in [3.8, 4) is 11.6 Å². The largest absolute Gasteiger partial charge is 0.350 e. The van der Waals surface area contributed by atoms with E-state index in [0.29, 0.717) is 24.7 Å². The third-order valence-corrected chi connectivity index (χ3v) is 5.22. The highest BCUT2D eigenvalue weighted by molar-refractivity contribution is 5.94. The molecule has 0 spiro atoms. The maximum Gasteiger partial charge on any atom is 0.274 e. The second kappa shape index (κ2) is 8.10. The summed E-state index contributed by atoms with van der Waals surface area (Å²) in [5.74, 6) is 0.0160. The Morgan fingerprint density at radius 3 is 2.80 bits per heavy atom. The number of likely N-dealkylation sites (N-methyl/N-ethyl adjacent to an activating group) is 1. The molecule has 4 rings (SSSR count). The molecule has 30 heavy (non-hydrogen) atoms. The lowest BCUT2D eigenvalue weighted by atomic mass is 10.1. The van der Waals surface area contributed by atoms with Gasteiger partial charge in [0.15, 0.2) is 5.82 Å². The molecule has 0 aliphatic carbocycles. The van der Waals surface area contributed by atoms with Crippen molar-refractivity contribution in [1.82, 2.24) is 20.0 Å². The van der Waals surface area contributed by atoms with E-state index in [1.54, 1.807) is 19.2 Å². The average molecular weight is 406 g/mol. The van der Waals surface area contributed by atoms with Crippen molar-refractivity contribution in [3.63, 3.8) is 0 Å². The Bertz CT molecular complexity index is 1210. The molecule has 0 aliphatic rings. The summed E-state index contributed by atoms with van der Waals surface area (Å²) in [7, 11) is 1.63. The smallest absolute Gasteiger partial charge is 0.274 e. The molecular weight excluding hydrogens is 383 g/mol. The molecule has 0 unspecified atom stereocenters. The number of nitrogens with zero attached hydrogens (tertiary/aromatic N) is 3. The highest BCUT2D eigenvalue weighted by atomic mass is 19.1. The van der Waals surface area contributed by atoms with Gasteiger partial charge in [0.25, 0.3) is 11.8 Å². The number of benzene rings is 2. The summed E-state index contributed by atoms with van der Waals surface area (Å²) in [6.07, 6.45) is 1.23. The van der Waals surface area contributed by atoms with Crippen molar-refractivity contribution in [3.05, 3.63) is 70.8 Å². The van der Waals surface area contributed by atoms with Gasteiger partial charge in [-0.05, 0) is 43.2 Å². The second-order valence-electron chi connectivity index (χ2n) is 7.35. The Morgan fingerprint density at radius 2 is 2.03 bits per heavy atom. The summed E-state index contributed by atoms with van der Waals surface area (Å²) in [5, 5.41) is 5.21. The fraction of sp³-hybridized carbons (Fsp3) is 0.261. The van der Waals surface area contributed by atoms with Gasteiger partial charge in [0.1, 0.15) is 11.5 Å². The Labute approximate surface area is 173 Å². The minimum atomic E-state index is -0.530. The maximum atomic E-state index is 13.8. The summed E-state index contributed by atoms with van der Waals surface area (Å²) in [6, 6.07) is 12.2. The van der Waals surface area contributed by atoms with Gasteiger partial charge in [-0.1, -0.05) is 35.8 Å². The molecule has 4 aromatic rings. The van der Waals surface area contributed by atoms with Gasteiger partial charge in [-0.2, -0.15) is 4.98 Å². The van der Waals surface area contributed by atoms with Crippen molar-refractivity contribution in [2.75, 3.05) is 13.6 Å². The van der Waals surface area contributed by atoms with E-state index in [9.17, 15) is 9.18 Å². The highest BCUT2D eigenvalue weighted by Gasteiger charge is 2.19. The SMILES string of the molecule is CCc1c(-c2nc(CCN(C)C(=O)c3ccccc3F)no2)[nH]c2ccc(C)cc12. The van der Waals surface area contributed by atoms with Crippen LogP contribution in [0.5, 0.6) is 0 Å². The van der Waals surface area contributed by atoms with Crippen molar-refractivity contribution in [2.24, 2.45) is 0 Å². The lowest BCUT2D eigenvalue weighted by Crippen LogP contribution is -2.29. The molecule has 0 bridgehead atoms. The van der Waals surface area contributed by atoms with Crippen LogP contribution in [0.4, 0.5) is 4.39 Å². The van der Waals surface area contributed by atoms with E-state index < -0.39 is 5.82 Å². The first kappa shape index (κ1) is 19.8. The number of halogens is 1. The topological polar surface area (TPSA) is 75.0 Å². The fourth-order valence-corrected chi connectivity index (χ4v) is 3.58. The van der Waals surface area contributed by atoms with Crippen molar-refractivity contribution in [2.45, 2.75) is 26.7 Å². The lowest BCUT2D eigenvalue weighted by molar-refractivity contribution is 0.0791. The molecule has 0 saturated carbocycles. The molecule has 2 heterocycles. The van der Waals surface area contributed by atoms with Gasteiger partial charge in [-0.15, -0.1) is 0 Å². The van der Waals surface area contributed by atoms with E-state index in [0.717, 1.165) is 28.6 Å². The highest BCUT2D eigenvalue weighted by Crippen LogP contribution is 2.30. The van der Waals surface area contributed by atoms with Crippen molar-refractivity contribution < 1.29 is 13.7 Å². The predicted octanol–water partition coefficient (Wildman–Crippen LogP) is 4.54. The number of H-pyrrole nitrogens is 1. The number of carbonyl (C=O) groups excluding carboxylic acids is 1. The van der Waals surface area contributed by atoms with Crippen LogP contribution in [0, 0.1) is 12.7 Å². The standard InChI is InChI=1S/C23H23FN4O2/c1-4-15-17-13-14(2)9-10-19(17)25-21(15)22-26-20(27-30-22)11-12-28(3)23(29)16-7-5-6-8-18(16)24/h5-10,13,25H,4,11-12H2,1-3H3. The number of fused-ring (bicyclic) bond motifs is 1. The van der Waals surface area contributed by atoms with Crippen LogP contribution in [0.1, 0.15) is 34.2 Å². The van der Waals surface area contributed by atoms with E-state index in [1.807, 2.05) is 6.07 Å². The van der Waals surface area contributed by atoms with Crippen LogP contribution in [-0.4, -0.2) is 39.5 Å². The van der Waals surface area contributed by atoms with Gasteiger partial charge in [-0.25, -0.2) is 4.39 Å². The quantitative estimate of drug-likeness (QED) is 0.510. The molecule has 154 valence electrons. The van der Waals surface area contributed by atoms with Crippen molar-refractivity contribution >= 4 is 16.8 Å². The van der Waals surface area contributed by atoms with E-state index >= 15 is 0 Å². The number of carbonyl (C=O) groups is 1. The number of aryl methyl sites for hydroxylation is 2. The summed E-state index contributed by atoms with van der Waals surface area (Å²) in [6.45, 7) is 4.50. The van der Waals surface area contributed by atoms with Gasteiger partial charge >= 0.3 is 0 Å². The minimum absolute atomic E-state index is 0.0507. The third kappa shape index (κ3) is 3.70. The van der Waals surface area contributed by atoms with Gasteiger partial charge in [0, 0.05) is 30.9 Å². The van der Waals surface area contributed by atoms with E-state index in [-0.39, 0.29) is 11.5 Å². The molecule has 0 aliphatic heterocycles. The molecule has 0 atom stereocenters. The Kier molecular flexibility index (Phi) is 5.35. The maximum absolute atomic E-state index is 13.8. The Balaban J connectivity index is 1.50. The second-order valence-corrected chi connectivity index (χ2v) is 7.35. The zero-order valence-corrected chi connectivity index (χ0v) is 17.2. The molecule has 0 radical (unpaired) electrons. The fourth-order valence-electron chi connectivity index (χ4n) is 3.58. The van der Waals surface area contributed by atoms with Crippen LogP contribution in [0.3, 0.4) is 0 Å². The molecule has 0 fully saturated rings. The number of aromatic nitrogens is 3. The van der Waals surface area contributed by atoms with Crippen LogP contribution in [0.25, 0.3) is 22.5 Å². The first-order valence-corrected chi connectivity index (χ1v) is 9.92. The molecule has 6 nitrogen and oxygen atoms in total. The van der Waals surface area contributed by atoms with E-state index in [1.165, 1.54) is 22.6 Å². The van der Waals surface area contributed by atoms with E-state index in [2.05, 4.69) is 41.1 Å². The molecular formula is C23H23FN4O2. The van der Waals surface area contributed by atoms with Crippen LogP contribution in [0.2, 0.25) is 0 Å². The van der Waals surface area contributed by atoms with Gasteiger partial charge in [0.2, 0.25) is 0 Å². The molecule has 2 aromatic heterocycles. The predicted molar refractivity (Wildman–Crippen MR) is 113 cm³/mol. The number of nitrogens with one attached hydrogen (secondary N) is 1. The van der Waals surface area contributed by atoms with Gasteiger partial charge < -0.3 is 14.4 Å².